The molecule has 2 unspecified atom stereocenters. The molecule has 2 heterocycles. The minimum Gasteiger partial charge on any atom is -0.326 e. The Kier molecular flexibility index (Phi) is 3.99. The first-order valence-electron chi connectivity index (χ1n) is 6.21. The SMILES string of the molecule is CC(N)C1CCCCN1S(=O)(=O)c1cccnc1. The van der Waals surface area contributed by atoms with E-state index < -0.39 is 10.0 Å². The van der Waals surface area contributed by atoms with Gasteiger partial charge in [-0.3, -0.25) is 4.98 Å². The fourth-order valence-electron chi connectivity index (χ4n) is 2.39. The van der Waals surface area contributed by atoms with E-state index in [1.54, 1.807) is 18.3 Å². The van der Waals surface area contributed by atoms with E-state index in [1.807, 2.05) is 6.92 Å². The summed E-state index contributed by atoms with van der Waals surface area (Å²) < 4.78 is 26.6. The molecule has 0 aromatic carbocycles. The maximum atomic E-state index is 12.5. The number of pyridine rings is 1. The molecule has 18 heavy (non-hydrogen) atoms. The second-order valence-electron chi connectivity index (χ2n) is 4.73. The average molecular weight is 269 g/mol. The van der Waals surface area contributed by atoms with Crippen LogP contribution in [0.25, 0.3) is 0 Å². The molecule has 0 spiro atoms. The molecule has 0 amide bonds. The molecule has 100 valence electrons. The van der Waals surface area contributed by atoms with Crippen LogP contribution in [0, 0.1) is 0 Å². The van der Waals surface area contributed by atoms with Crippen LogP contribution in [0.15, 0.2) is 29.4 Å². The van der Waals surface area contributed by atoms with Gasteiger partial charge in [0.05, 0.1) is 0 Å². The fraction of sp³-hybridized carbons (Fsp3) is 0.583. The van der Waals surface area contributed by atoms with Crippen molar-refractivity contribution in [1.82, 2.24) is 9.29 Å². The van der Waals surface area contributed by atoms with Crippen LogP contribution in [0.4, 0.5) is 0 Å². The van der Waals surface area contributed by atoms with Crippen molar-refractivity contribution in [3.63, 3.8) is 0 Å². The van der Waals surface area contributed by atoms with Crippen LogP contribution < -0.4 is 5.73 Å². The molecule has 1 aliphatic heterocycles. The van der Waals surface area contributed by atoms with Crippen molar-refractivity contribution in [1.29, 1.82) is 0 Å². The molecule has 0 aliphatic carbocycles. The Morgan fingerprint density at radius 1 is 1.50 bits per heavy atom. The zero-order chi connectivity index (χ0) is 13.2. The highest BCUT2D eigenvalue weighted by molar-refractivity contribution is 7.89. The Morgan fingerprint density at radius 3 is 2.89 bits per heavy atom. The topological polar surface area (TPSA) is 76.3 Å². The Bertz CT molecular complexity index is 487. The summed E-state index contributed by atoms with van der Waals surface area (Å²) in [7, 11) is -3.47. The van der Waals surface area contributed by atoms with Gasteiger partial charge in [0, 0.05) is 31.0 Å². The van der Waals surface area contributed by atoms with Crippen LogP contribution in [-0.2, 0) is 10.0 Å². The summed E-state index contributed by atoms with van der Waals surface area (Å²) in [5.74, 6) is 0. The highest BCUT2D eigenvalue weighted by Crippen LogP contribution is 2.26. The zero-order valence-electron chi connectivity index (χ0n) is 10.5. The van der Waals surface area contributed by atoms with Gasteiger partial charge >= 0.3 is 0 Å². The monoisotopic (exact) mass is 269 g/mol. The van der Waals surface area contributed by atoms with E-state index in [1.165, 1.54) is 10.5 Å². The van der Waals surface area contributed by atoms with Crippen molar-refractivity contribution in [3.05, 3.63) is 24.5 Å². The van der Waals surface area contributed by atoms with Gasteiger partial charge in [-0.05, 0) is 31.9 Å². The van der Waals surface area contributed by atoms with Crippen LogP contribution in [0.3, 0.4) is 0 Å². The van der Waals surface area contributed by atoms with Gasteiger partial charge in [-0.2, -0.15) is 4.31 Å². The predicted octanol–water partition coefficient (Wildman–Crippen LogP) is 0.972. The molecule has 0 bridgehead atoms. The van der Waals surface area contributed by atoms with E-state index in [4.69, 9.17) is 5.73 Å². The van der Waals surface area contributed by atoms with Crippen LogP contribution in [0.2, 0.25) is 0 Å². The smallest absolute Gasteiger partial charge is 0.244 e. The summed E-state index contributed by atoms with van der Waals surface area (Å²) in [6, 6.07) is 2.95. The molecular formula is C12H19N3O2S. The van der Waals surface area contributed by atoms with Gasteiger partial charge in [-0.15, -0.1) is 0 Å². The van der Waals surface area contributed by atoms with Crippen molar-refractivity contribution in [2.24, 2.45) is 5.73 Å². The minimum atomic E-state index is -3.47. The molecule has 1 aromatic rings. The summed E-state index contributed by atoms with van der Waals surface area (Å²) in [6.45, 7) is 2.41. The Balaban J connectivity index is 2.34. The molecule has 0 radical (unpaired) electrons. The minimum absolute atomic E-state index is 0.107. The van der Waals surface area contributed by atoms with E-state index in [9.17, 15) is 8.42 Å². The normalized spacial score (nSPS) is 23.8. The third-order valence-corrected chi connectivity index (χ3v) is 5.25. The highest BCUT2D eigenvalue weighted by Gasteiger charge is 2.35. The summed E-state index contributed by atoms with van der Waals surface area (Å²) in [6.07, 6.45) is 5.71. The molecule has 1 saturated heterocycles. The van der Waals surface area contributed by atoms with Gasteiger partial charge < -0.3 is 5.73 Å². The Labute approximate surface area is 108 Å². The molecule has 1 aromatic heterocycles. The number of nitrogens with zero attached hydrogens (tertiary/aromatic N) is 2. The van der Waals surface area contributed by atoms with E-state index >= 15 is 0 Å². The van der Waals surface area contributed by atoms with Gasteiger partial charge in [0.1, 0.15) is 4.90 Å². The number of hydrogen-bond donors (Lipinski definition) is 1. The third-order valence-electron chi connectivity index (χ3n) is 3.35. The first kappa shape index (κ1) is 13.5. The van der Waals surface area contributed by atoms with Crippen LogP contribution in [-0.4, -0.2) is 36.3 Å². The molecular weight excluding hydrogens is 250 g/mol. The lowest BCUT2D eigenvalue weighted by Gasteiger charge is -2.36. The number of nitrogens with two attached hydrogens (primary N) is 1. The lowest BCUT2D eigenvalue weighted by atomic mass is 10.00. The third kappa shape index (κ3) is 2.55. The Hall–Kier alpha value is -0.980. The number of sulfonamides is 1. The van der Waals surface area contributed by atoms with Crippen molar-refractivity contribution in [2.75, 3.05) is 6.54 Å². The maximum absolute atomic E-state index is 12.5. The first-order chi connectivity index (χ1) is 8.53. The fourth-order valence-corrected chi connectivity index (χ4v) is 4.13. The second-order valence-corrected chi connectivity index (χ2v) is 6.62. The largest absolute Gasteiger partial charge is 0.326 e. The van der Waals surface area contributed by atoms with Crippen LogP contribution in [0.5, 0.6) is 0 Å². The molecule has 2 rings (SSSR count). The van der Waals surface area contributed by atoms with Gasteiger partial charge in [-0.1, -0.05) is 6.42 Å². The number of piperidine rings is 1. The number of aromatic nitrogens is 1. The van der Waals surface area contributed by atoms with Crippen molar-refractivity contribution in [2.45, 2.75) is 43.2 Å². The molecule has 1 aliphatic rings. The van der Waals surface area contributed by atoms with E-state index in [0.29, 0.717) is 6.54 Å². The van der Waals surface area contributed by atoms with Gasteiger partial charge in [0.15, 0.2) is 0 Å². The zero-order valence-corrected chi connectivity index (χ0v) is 11.3. The Morgan fingerprint density at radius 2 is 2.28 bits per heavy atom. The quantitative estimate of drug-likeness (QED) is 0.887. The highest BCUT2D eigenvalue weighted by atomic mass is 32.2. The average Bonchev–Trinajstić information content (AvgIpc) is 2.39. The van der Waals surface area contributed by atoms with E-state index in [0.717, 1.165) is 19.3 Å². The van der Waals surface area contributed by atoms with Crippen LogP contribution in [0.1, 0.15) is 26.2 Å². The molecule has 1 fully saturated rings. The van der Waals surface area contributed by atoms with E-state index in [-0.39, 0.29) is 17.0 Å². The summed E-state index contributed by atoms with van der Waals surface area (Å²) in [5.41, 5.74) is 5.91. The second kappa shape index (κ2) is 5.34. The number of hydrogen-bond acceptors (Lipinski definition) is 4. The number of rotatable bonds is 3. The van der Waals surface area contributed by atoms with Gasteiger partial charge in [0.25, 0.3) is 0 Å². The maximum Gasteiger partial charge on any atom is 0.244 e. The van der Waals surface area contributed by atoms with Crippen molar-refractivity contribution >= 4 is 10.0 Å². The standard InChI is InChI=1S/C12H19N3O2S/c1-10(13)12-6-2-3-8-15(12)18(16,17)11-5-4-7-14-9-11/h4-5,7,9-10,12H,2-3,6,8,13H2,1H3. The molecule has 2 atom stereocenters. The molecule has 5 nitrogen and oxygen atoms in total. The summed E-state index contributed by atoms with van der Waals surface area (Å²) in [4.78, 5) is 4.13. The van der Waals surface area contributed by atoms with Crippen molar-refractivity contribution < 1.29 is 8.42 Å². The summed E-state index contributed by atoms with van der Waals surface area (Å²) >= 11 is 0. The van der Waals surface area contributed by atoms with Gasteiger partial charge in [-0.25, -0.2) is 8.42 Å². The van der Waals surface area contributed by atoms with Gasteiger partial charge in [0.2, 0.25) is 10.0 Å². The van der Waals surface area contributed by atoms with Crippen molar-refractivity contribution in [3.8, 4) is 0 Å². The molecule has 0 saturated carbocycles. The summed E-state index contributed by atoms with van der Waals surface area (Å²) in [5, 5.41) is 0. The predicted molar refractivity (Wildman–Crippen MR) is 69.4 cm³/mol. The molecule has 2 N–H and O–H groups in total. The van der Waals surface area contributed by atoms with Crippen LogP contribution >= 0.6 is 0 Å². The lowest BCUT2D eigenvalue weighted by molar-refractivity contribution is 0.227. The molecule has 6 heteroatoms. The van der Waals surface area contributed by atoms with E-state index in [2.05, 4.69) is 4.98 Å². The first-order valence-corrected chi connectivity index (χ1v) is 7.65. The lowest BCUT2D eigenvalue weighted by Crippen LogP contribution is -2.51.